The molecule has 1 N–H and O–H groups in total. The molecule has 2 aromatic carbocycles. The van der Waals surface area contributed by atoms with E-state index >= 15 is 0 Å². The van der Waals surface area contributed by atoms with Gasteiger partial charge in [-0.3, -0.25) is 19.0 Å². The van der Waals surface area contributed by atoms with Crippen LogP contribution in [0.2, 0.25) is 0 Å². The second-order valence-corrected chi connectivity index (χ2v) is 7.79. The maximum atomic E-state index is 13.2. The Balaban J connectivity index is 1.59. The van der Waals surface area contributed by atoms with Gasteiger partial charge in [-0.05, 0) is 57.2 Å². The highest BCUT2D eigenvalue weighted by Crippen LogP contribution is 2.20. The number of para-hydroxylation sites is 1. The van der Waals surface area contributed by atoms with Crippen molar-refractivity contribution in [2.45, 2.75) is 40.2 Å². The molecular weight excluding hydrogens is 418 g/mol. The first-order valence-electron chi connectivity index (χ1n) is 10.8. The molecule has 0 aliphatic heterocycles. The van der Waals surface area contributed by atoms with Crippen LogP contribution in [0.5, 0.6) is 0 Å². The molecule has 0 unspecified atom stereocenters. The van der Waals surface area contributed by atoms with Crippen molar-refractivity contribution in [1.82, 2.24) is 19.3 Å². The Kier molecular flexibility index (Phi) is 6.17. The van der Waals surface area contributed by atoms with Crippen molar-refractivity contribution < 1.29 is 9.59 Å². The van der Waals surface area contributed by atoms with Crippen molar-refractivity contribution in [2.24, 2.45) is 0 Å². The monoisotopic (exact) mass is 443 g/mol. The summed E-state index contributed by atoms with van der Waals surface area (Å²) in [5.74, 6) is -0.265. The van der Waals surface area contributed by atoms with Gasteiger partial charge >= 0.3 is 0 Å². The standard InChI is InChI=1S/C25H25N5O3/c1-4-29-24-23(16(2)28-30(24)20-8-6-5-7-9-20)27-21(25(29)33)14-15-22(32)26-19-12-10-18(11-13-19)17(3)31/h5-13H,4,14-15H2,1-3H3,(H,26,32). The van der Waals surface area contributed by atoms with E-state index in [9.17, 15) is 14.4 Å². The summed E-state index contributed by atoms with van der Waals surface area (Å²) in [6, 6.07) is 16.3. The molecule has 4 aromatic rings. The number of anilines is 1. The largest absolute Gasteiger partial charge is 0.326 e. The molecule has 2 heterocycles. The first kappa shape index (κ1) is 22.1. The van der Waals surface area contributed by atoms with Crippen LogP contribution in [0.25, 0.3) is 16.9 Å². The minimum Gasteiger partial charge on any atom is -0.326 e. The van der Waals surface area contributed by atoms with Crippen LogP contribution in [0, 0.1) is 6.92 Å². The SMILES string of the molecule is CCn1c(=O)c(CCC(=O)Nc2ccc(C(C)=O)cc2)nc2c(C)nn(-c3ccccc3)c21. The number of hydrogen-bond acceptors (Lipinski definition) is 5. The van der Waals surface area contributed by atoms with Crippen LogP contribution >= 0.6 is 0 Å². The summed E-state index contributed by atoms with van der Waals surface area (Å²) in [5.41, 5.74) is 4.15. The molecule has 0 bridgehead atoms. The van der Waals surface area contributed by atoms with Crippen LogP contribution in [0.3, 0.4) is 0 Å². The lowest BCUT2D eigenvalue weighted by Gasteiger charge is -2.11. The third kappa shape index (κ3) is 4.45. The molecule has 33 heavy (non-hydrogen) atoms. The minimum atomic E-state index is -0.230. The minimum absolute atomic E-state index is 0.0348. The summed E-state index contributed by atoms with van der Waals surface area (Å²) in [7, 11) is 0. The zero-order valence-electron chi connectivity index (χ0n) is 18.8. The van der Waals surface area contributed by atoms with Crippen LogP contribution in [0.4, 0.5) is 5.69 Å². The Labute approximate surface area is 190 Å². The highest BCUT2D eigenvalue weighted by atomic mass is 16.2. The number of carbonyl (C=O) groups is 2. The van der Waals surface area contributed by atoms with E-state index in [-0.39, 0.29) is 30.1 Å². The number of carbonyl (C=O) groups excluding carboxylic acids is 2. The third-order valence-electron chi connectivity index (χ3n) is 5.48. The van der Waals surface area contributed by atoms with Gasteiger partial charge in [0.1, 0.15) is 11.2 Å². The fraction of sp³-hybridized carbons (Fsp3) is 0.240. The fourth-order valence-electron chi connectivity index (χ4n) is 3.76. The molecule has 0 fully saturated rings. The van der Waals surface area contributed by atoms with Gasteiger partial charge in [-0.1, -0.05) is 18.2 Å². The van der Waals surface area contributed by atoms with Crippen LogP contribution in [0.15, 0.2) is 59.4 Å². The number of aromatic nitrogens is 4. The Hall–Kier alpha value is -4.07. The van der Waals surface area contributed by atoms with Crippen molar-refractivity contribution in [2.75, 3.05) is 5.32 Å². The number of benzene rings is 2. The quantitative estimate of drug-likeness (QED) is 0.439. The summed E-state index contributed by atoms with van der Waals surface area (Å²) < 4.78 is 3.40. The van der Waals surface area contributed by atoms with Crippen LogP contribution < -0.4 is 10.9 Å². The van der Waals surface area contributed by atoms with Gasteiger partial charge in [-0.15, -0.1) is 0 Å². The molecule has 0 aliphatic rings. The van der Waals surface area contributed by atoms with Crippen LogP contribution in [0.1, 0.15) is 42.0 Å². The number of amides is 1. The summed E-state index contributed by atoms with van der Waals surface area (Å²) in [5, 5.41) is 7.41. The van der Waals surface area contributed by atoms with E-state index < -0.39 is 0 Å². The predicted octanol–water partition coefficient (Wildman–Crippen LogP) is 3.68. The molecule has 0 saturated carbocycles. The van der Waals surface area contributed by atoms with E-state index in [1.54, 1.807) is 33.5 Å². The smallest absolute Gasteiger partial charge is 0.273 e. The molecule has 1 amide bonds. The van der Waals surface area contributed by atoms with E-state index in [1.165, 1.54) is 6.92 Å². The van der Waals surface area contributed by atoms with Crippen LogP contribution in [-0.4, -0.2) is 31.0 Å². The number of rotatable bonds is 7. The van der Waals surface area contributed by atoms with Gasteiger partial charge in [0.2, 0.25) is 5.91 Å². The van der Waals surface area contributed by atoms with Gasteiger partial charge in [0.05, 0.1) is 11.4 Å². The summed E-state index contributed by atoms with van der Waals surface area (Å²) in [4.78, 5) is 41.6. The number of Topliss-reactive ketones (excluding diaryl/α,β-unsaturated/α-hetero) is 1. The molecule has 0 radical (unpaired) electrons. The van der Waals surface area contributed by atoms with Gasteiger partial charge in [-0.25, -0.2) is 9.67 Å². The number of ketones is 1. The number of aryl methyl sites for hydroxylation is 3. The lowest BCUT2D eigenvalue weighted by Crippen LogP contribution is -2.27. The van der Waals surface area contributed by atoms with Crippen molar-refractivity contribution in [3.63, 3.8) is 0 Å². The summed E-state index contributed by atoms with van der Waals surface area (Å²) in [6.07, 6.45) is 0.319. The van der Waals surface area contributed by atoms with Gasteiger partial charge in [-0.2, -0.15) is 5.10 Å². The maximum absolute atomic E-state index is 13.2. The van der Waals surface area contributed by atoms with E-state index in [4.69, 9.17) is 0 Å². The number of hydrogen-bond donors (Lipinski definition) is 1. The van der Waals surface area contributed by atoms with Crippen molar-refractivity contribution in [1.29, 1.82) is 0 Å². The Morgan fingerprint density at radius 3 is 2.36 bits per heavy atom. The Bertz CT molecular complexity index is 1390. The molecular formula is C25H25N5O3. The lowest BCUT2D eigenvalue weighted by atomic mass is 10.1. The van der Waals surface area contributed by atoms with Crippen molar-refractivity contribution in [3.8, 4) is 5.69 Å². The summed E-state index contributed by atoms with van der Waals surface area (Å²) >= 11 is 0. The Morgan fingerprint density at radius 2 is 1.73 bits per heavy atom. The van der Waals surface area contributed by atoms with Crippen LogP contribution in [-0.2, 0) is 17.8 Å². The molecule has 168 valence electrons. The van der Waals surface area contributed by atoms with Crippen molar-refractivity contribution in [3.05, 3.63) is 81.9 Å². The van der Waals surface area contributed by atoms with E-state index in [0.29, 0.717) is 40.3 Å². The number of nitrogens with zero attached hydrogens (tertiary/aromatic N) is 4. The first-order valence-corrected chi connectivity index (χ1v) is 10.8. The molecule has 0 saturated heterocycles. The van der Waals surface area contributed by atoms with Gasteiger partial charge in [0, 0.05) is 30.6 Å². The first-order chi connectivity index (χ1) is 15.9. The zero-order valence-corrected chi connectivity index (χ0v) is 18.8. The second-order valence-electron chi connectivity index (χ2n) is 7.79. The van der Waals surface area contributed by atoms with Gasteiger partial charge in [0.25, 0.3) is 5.56 Å². The van der Waals surface area contributed by atoms with E-state index in [0.717, 1.165) is 5.69 Å². The molecule has 0 aliphatic carbocycles. The zero-order chi connectivity index (χ0) is 23.5. The molecule has 8 nitrogen and oxygen atoms in total. The maximum Gasteiger partial charge on any atom is 0.273 e. The molecule has 8 heteroatoms. The average Bonchev–Trinajstić information content (AvgIpc) is 3.14. The predicted molar refractivity (Wildman–Crippen MR) is 127 cm³/mol. The topological polar surface area (TPSA) is 98.9 Å². The van der Waals surface area contributed by atoms with Gasteiger partial charge < -0.3 is 5.32 Å². The average molecular weight is 444 g/mol. The number of fused-ring (bicyclic) bond motifs is 1. The van der Waals surface area contributed by atoms with E-state index in [1.807, 2.05) is 44.2 Å². The molecule has 4 rings (SSSR count). The van der Waals surface area contributed by atoms with Gasteiger partial charge in [0.15, 0.2) is 11.4 Å². The normalized spacial score (nSPS) is 11.0. The lowest BCUT2D eigenvalue weighted by molar-refractivity contribution is -0.116. The second kappa shape index (κ2) is 9.20. The third-order valence-corrected chi connectivity index (χ3v) is 5.48. The highest BCUT2D eigenvalue weighted by molar-refractivity contribution is 5.95. The fourth-order valence-corrected chi connectivity index (χ4v) is 3.76. The number of nitrogens with one attached hydrogen (secondary N) is 1. The van der Waals surface area contributed by atoms with Crippen molar-refractivity contribution >= 4 is 28.5 Å². The molecule has 2 aromatic heterocycles. The molecule has 0 atom stereocenters. The molecule has 0 spiro atoms. The Morgan fingerprint density at radius 1 is 1.03 bits per heavy atom. The van der Waals surface area contributed by atoms with E-state index in [2.05, 4.69) is 15.4 Å². The summed E-state index contributed by atoms with van der Waals surface area (Å²) in [6.45, 7) is 5.71. The highest BCUT2D eigenvalue weighted by Gasteiger charge is 2.19.